The lowest BCUT2D eigenvalue weighted by atomic mass is 9.83. The van der Waals surface area contributed by atoms with Gasteiger partial charge in [0.2, 0.25) is 0 Å². The summed E-state index contributed by atoms with van der Waals surface area (Å²) in [6.45, 7) is 0. The Bertz CT molecular complexity index is 261. The highest BCUT2D eigenvalue weighted by atomic mass is 19.4. The fourth-order valence-corrected chi connectivity index (χ4v) is 0.790. The largest absolute Gasteiger partial charge is 0.540 e. The van der Waals surface area contributed by atoms with E-state index in [0.29, 0.717) is 0 Å². The van der Waals surface area contributed by atoms with Crippen molar-refractivity contribution in [2.45, 2.75) is 6.36 Å². The predicted octanol–water partition coefficient (Wildman–Crippen LogP) is 1.89. The first-order valence-corrected chi connectivity index (χ1v) is 3.42. The lowest BCUT2D eigenvalue weighted by molar-refractivity contribution is -0.280. The van der Waals surface area contributed by atoms with E-state index in [0.717, 1.165) is 0 Å². The Labute approximate surface area is 72.5 Å². The highest BCUT2D eigenvalue weighted by Crippen LogP contribution is 2.17. The molecule has 0 N–H and O–H groups in total. The summed E-state index contributed by atoms with van der Waals surface area (Å²) in [5, 5.41) is 0. The van der Waals surface area contributed by atoms with Crippen LogP contribution in [0.2, 0.25) is 0 Å². The fraction of sp³-hybridized carbons (Fsp3) is 0.143. The number of rotatable bonds is 2. The van der Waals surface area contributed by atoms with Gasteiger partial charge in [0.1, 0.15) is 0 Å². The van der Waals surface area contributed by atoms with Crippen molar-refractivity contribution in [1.29, 1.82) is 0 Å². The molecule has 0 atom stereocenters. The Hall–Kier alpha value is -1.04. The van der Waals surface area contributed by atoms with Crippen molar-refractivity contribution in [2.75, 3.05) is 0 Å². The van der Waals surface area contributed by atoms with E-state index in [-0.39, 0.29) is 5.46 Å². The van der Waals surface area contributed by atoms with Crippen LogP contribution < -0.4 is 5.46 Å². The molecule has 0 heterocycles. The maximum absolute atomic E-state index is 12.7. The lowest BCUT2D eigenvalue weighted by Crippen LogP contribution is -2.34. The fourth-order valence-electron chi connectivity index (χ4n) is 0.790. The minimum atomic E-state index is -4.95. The molecule has 0 aliphatic carbocycles. The van der Waals surface area contributed by atoms with E-state index in [1.54, 1.807) is 6.07 Å². The maximum Gasteiger partial charge on any atom is 0.540 e. The molecule has 0 saturated carbocycles. The van der Waals surface area contributed by atoms with Crippen molar-refractivity contribution in [3.63, 3.8) is 0 Å². The third-order valence-electron chi connectivity index (χ3n) is 1.30. The van der Waals surface area contributed by atoms with Gasteiger partial charge in [-0.1, -0.05) is 30.3 Å². The zero-order chi connectivity index (χ0) is 9.90. The Morgan fingerprint density at radius 2 is 1.62 bits per heavy atom. The van der Waals surface area contributed by atoms with Crippen LogP contribution in [-0.4, -0.2) is 13.6 Å². The molecule has 13 heavy (non-hydrogen) atoms. The predicted molar refractivity (Wildman–Crippen MR) is 40.1 cm³/mol. The molecule has 0 aliphatic heterocycles. The highest BCUT2D eigenvalue weighted by molar-refractivity contribution is 6.60. The van der Waals surface area contributed by atoms with Crippen molar-refractivity contribution >= 4 is 12.7 Å². The van der Waals surface area contributed by atoms with Gasteiger partial charge in [0, 0.05) is 0 Å². The molecule has 70 valence electrons. The van der Waals surface area contributed by atoms with Gasteiger partial charge in [-0.25, -0.2) is 0 Å². The molecule has 0 fully saturated rings. The number of hydrogen-bond acceptors (Lipinski definition) is 1. The second-order valence-electron chi connectivity index (χ2n) is 2.29. The quantitative estimate of drug-likeness (QED) is 0.513. The Morgan fingerprint density at radius 3 is 2.08 bits per heavy atom. The molecule has 0 saturated heterocycles. The van der Waals surface area contributed by atoms with Crippen LogP contribution in [0.1, 0.15) is 0 Å². The molecule has 0 aromatic heterocycles. The van der Waals surface area contributed by atoms with E-state index < -0.39 is 13.6 Å². The van der Waals surface area contributed by atoms with Gasteiger partial charge in [-0.15, -0.1) is 13.2 Å². The van der Waals surface area contributed by atoms with Gasteiger partial charge in [0.25, 0.3) is 0 Å². The van der Waals surface area contributed by atoms with Crippen LogP contribution in [0.15, 0.2) is 30.3 Å². The summed E-state index contributed by atoms with van der Waals surface area (Å²) >= 11 is 0. The van der Waals surface area contributed by atoms with Crippen molar-refractivity contribution in [1.82, 2.24) is 0 Å². The second-order valence-corrected chi connectivity index (χ2v) is 2.29. The summed E-state index contributed by atoms with van der Waals surface area (Å²) in [4.78, 5) is 0. The van der Waals surface area contributed by atoms with Crippen LogP contribution in [0.5, 0.6) is 0 Å². The second kappa shape index (κ2) is 3.78. The summed E-state index contributed by atoms with van der Waals surface area (Å²) in [5.74, 6) is 0. The summed E-state index contributed by atoms with van der Waals surface area (Å²) in [7, 11) is -2.46. The van der Waals surface area contributed by atoms with Crippen molar-refractivity contribution < 1.29 is 22.1 Å². The SMILES string of the molecule is FB(OC(F)(F)F)c1ccccc1. The van der Waals surface area contributed by atoms with Gasteiger partial charge >= 0.3 is 13.6 Å². The molecule has 1 aromatic rings. The van der Waals surface area contributed by atoms with Crippen LogP contribution in [0.3, 0.4) is 0 Å². The van der Waals surface area contributed by atoms with Crippen molar-refractivity contribution in [2.24, 2.45) is 0 Å². The molecular formula is C7H5BF4O. The molecular weight excluding hydrogens is 187 g/mol. The summed E-state index contributed by atoms with van der Waals surface area (Å²) in [5.41, 5.74) is -0.153. The first-order chi connectivity index (χ1) is 5.99. The molecule has 0 spiro atoms. The molecule has 0 bridgehead atoms. The van der Waals surface area contributed by atoms with E-state index in [1.165, 1.54) is 24.3 Å². The molecule has 0 radical (unpaired) electrons. The van der Waals surface area contributed by atoms with E-state index in [9.17, 15) is 17.5 Å². The van der Waals surface area contributed by atoms with Crippen LogP contribution in [0, 0.1) is 0 Å². The van der Waals surface area contributed by atoms with Gasteiger partial charge in [-0.05, 0) is 5.46 Å². The lowest BCUT2D eigenvalue weighted by Gasteiger charge is -2.08. The van der Waals surface area contributed by atoms with Gasteiger partial charge in [0.15, 0.2) is 0 Å². The van der Waals surface area contributed by atoms with E-state index in [1.807, 2.05) is 0 Å². The first kappa shape index (κ1) is 10.0. The van der Waals surface area contributed by atoms with Gasteiger partial charge < -0.3 is 4.65 Å². The summed E-state index contributed by atoms with van der Waals surface area (Å²) in [6.07, 6.45) is -4.95. The van der Waals surface area contributed by atoms with Gasteiger partial charge in [-0.2, -0.15) is 0 Å². The standard InChI is InChI=1S/C7H5BF4O/c9-7(10,11)13-8(12)6-4-2-1-3-5-6/h1-5H. The first-order valence-electron chi connectivity index (χ1n) is 3.42. The van der Waals surface area contributed by atoms with Gasteiger partial charge in [0.05, 0.1) is 0 Å². The molecule has 1 nitrogen and oxygen atoms in total. The average molecular weight is 192 g/mol. The van der Waals surface area contributed by atoms with E-state index >= 15 is 0 Å². The maximum atomic E-state index is 12.7. The molecule has 1 aromatic carbocycles. The van der Waals surface area contributed by atoms with Gasteiger partial charge in [-0.3, -0.25) is 4.32 Å². The highest BCUT2D eigenvalue weighted by Gasteiger charge is 2.37. The van der Waals surface area contributed by atoms with Crippen molar-refractivity contribution in [3.8, 4) is 0 Å². The number of benzene rings is 1. The Balaban J connectivity index is 2.64. The van der Waals surface area contributed by atoms with Crippen molar-refractivity contribution in [3.05, 3.63) is 30.3 Å². The molecule has 0 unspecified atom stereocenters. The topological polar surface area (TPSA) is 9.23 Å². The van der Waals surface area contributed by atoms with Crippen LogP contribution in [-0.2, 0) is 4.65 Å². The number of hydrogen-bond donors (Lipinski definition) is 0. The van der Waals surface area contributed by atoms with Crippen LogP contribution in [0.25, 0.3) is 0 Å². The third kappa shape index (κ3) is 3.46. The normalized spacial score (nSPS) is 11.4. The minimum Gasteiger partial charge on any atom is -0.316 e. The van der Waals surface area contributed by atoms with E-state index in [2.05, 4.69) is 4.65 Å². The Morgan fingerprint density at radius 1 is 1.08 bits per heavy atom. The third-order valence-corrected chi connectivity index (χ3v) is 1.30. The molecule has 6 heteroatoms. The molecule has 0 aliphatic rings. The number of halogens is 4. The average Bonchev–Trinajstić information content (AvgIpc) is 2.03. The minimum absolute atomic E-state index is 0.153. The zero-order valence-corrected chi connectivity index (χ0v) is 6.38. The molecule has 0 amide bonds. The summed E-state index contributed by atoms with van der Waals surface area (Å²) in [6, 6.07) is 6.87. The summed E-state index contributed by atoms with van der Waals surface area (Å²) < 4.78 is 50.4. The Kier molecular flexibility index (Phi) is 2.92. The number of alkyl halides is 3. The van der Waals surface area contributed by atoms with Crippen LogP contribution in [0.4, 0.5) is 17.5 Å². The van der Waals surface area contributed by atoms with E-state index in [4.69, 9.17) is 0 Å². The zero-order valence-electron chi connectivity index (χ0n) is 6.38. The smallest absolute Gasteiger partial charge is 0.316 e. The van der Waals surface area contributed by atoms with Crippen LogP contribution >= 0.6 is 0 Å². The monoisotopic (exact) mass is 192 g/mol. The molecule has 1 rings (SSSR count).